The maximum Gasteiger partial charge on any atom is 0.310 e. The SMILES string of the molecule is CCc1ccc([C@@H](NC(=O)COC(=O)Cc2ccc(OC)c(F)c2)C(C)C)cc1. The Kier molecular flexibility index (Phi) is 8.19. The van der Waals surface area contributed by atoms with Crippen LogP contribution < -0.4 is 10.1 Å². The van der Waals surface area contributed by atoms with Crippen molar-refractivity contribution in [2.24, 2.45) is 5.92 Å². The summed E-state index contributed by atoms with van der Waals surface area (Å²) in [5.41, 5.74) is 2.68. The van der Waals surface area contributed by atoms with Gasteiger partial charge in [0.2, 0.25) is 0 Å². The van der Waals surface area contributed by atoms with Crippen LogP contribution in [0.25, 0.3) is 0 Å². The van der Waals surface area contributed by atoms with Crippen molar-refractivity contribution in [2.75, 3.05) is 13.7 Å². The lowest BCUT2D eigenvalue weighted by Gasteiger charge is -2.23. The van der Waals surface area contributed by atoms with Crippen molar-refractivity contribution < 1.29 is 23.5 Å². The van der Waals surface area contributed by atoms with E-state index >= 15 is 0 Å². The Morgan fingerprint density at radius 3 is 2.28 bits per heavy atom. The molecule has 0 aromatic heterocycles. The molecular formula is C23H28FNO4. The zero-order valence-electron chi connectivity index (χ0n) is 17.3. The van der Waals surface area contributed by atoms with E-state index in [1.54, 1.807) is 6.07 Å². The molecule has 0 bridgehead atoms. The first-order valence-electron chi connectivity index (χ1n) is 9.70. The van der Waals surface area contributed by atoms with E-state index in [0.29, 0.717) is 5.56 Å². The van der Waals surface area contributed by atoms with Gasteiger partial charge in [-0.1, -0.05) is 51.1 Å². The van der Waals surface area contributed by atoms with Crippen LogP contribution >= 0.6 is 0 Å². The summed E-state index contributed by atoms with van der Waals surface area (Å²) in [5, 5.41) is 2.92. The predicted molar refractivity (Wildman–Crippen MR) is 109 cm³/mol. The molecule has 0 aliphatic rings. The third-order valence-electron chi connectivity index (χ3n) is 4.66. The number of amides is 1. The summed E-state index contributed by atoms with van der Waals surface area (Å²) in [6.45, 7) is 5.74. The second kappa shape index (κ2) is 10.6. The molecule has 5 nitrogen and oxygen atoms in total. The van der Waals surface area contributed by atoms with Gasteiger partial charge in [-0.05, 0) is 41.2 Å². The fourth-order valence-corrected chi connectivity index (χ4v) is 2.99. The molecule has 0 saturated heterocycles. The van der Waals surface area contributed by atoms with Crippen LogP contribution in [0.1, 0.15) is 43.5 Å². The monoisotopic (exact) mass is 401 g/mol. The Morgan fingerprint density at radius 2 is 1.72 bits per heavy atom. The largest absolute Gasteiger partial charge is 0.494 e. The number of aryl methyl sites for hydroxylation is 1. The van der Waals surface area contributed by atoms with Gasteiger partial charge >= 0.3 is 5.97 Å². The van der Waals surface area contributed by atoms with Crippen LogP contribution in [-0.2, 0) is 27.2 Å². The summed E-state index contributed by atoms with van der Waals surface area (Å²) in [5.74, 6) is -1.25. The molecule has 0 saturated carbocycles. The van der Waals surface area contributed by atoms with E-state index in [2.05, 4.69) is 12.2 Å². The minimum Gasteiger partial charge on any atom is -0.494 e. The topological polar surface area (TPSA) is 64.6 Å². The molecule has 0 heterocycles. The highest BCUT2D eigenvalue weighted by molar-refractivity contribution is 5.81. The maximum absolute atomic E-state index is 13.7. The van der Waals surface area contributed by atoms with E-state index in [-0.39, 0.29) is 36.6 Å². The normalized spacial score (nSPS) is 11.8. The summed E-state index contributed by atoms with van der Waals surface area (Å²) < 4.78 is 23.6. The van der Waals surface area contributed by atoms with Gasteiger partial charge in [0, 0.05) is 0 Å². The molecule has 0 aliphatic carbocycles. The van der Waals surface area contributed by atoms with Crippen LogP contribution in [0.3, 0.4) is 0 Å². The Morgan fingerprint density at radius 1 is 1.07 bits per heavy atom. The number of halogens is 1. The Labute approximate surface area is 171 Å². The van der Waals surface area contributed by atoms with E-state index in [0.717, 1.165) is 12.0 Å². The summed E-state index contributed by atoms with van der Waals surface area (Å²) in [6.07, 6.45) is 0.827. The van der Waals surface area contributed by atoms with Crippen molar-refractivity contribution in [1.82, 2.24) is 5.32 Å². The van der Waals surface area contributed by atoms with Gasteiger partial charge in [-0.3, -0.25) is 9.59 Å². The Bertz CT molecular complexity index is 833. The minimum atomic E-state index is -0.599. The number of esters is 1. The van der Waals surface area contributed by atoms with Crippen LogP contribution in [0.15, 0.2) is 42.5 Å². The lowest BCUT2D eigenvalue weighted by molar-refractivity contribution is -0.148. The zero-order chi connectivity index (χ0) is 21.4. The second-order valence-corrected chi connectivity index (χ2v) is 7.19. The van der Waals surface area contributed by atoms with E-state index in [1.807, 2.05) is 38.1 Å². The molecule has 2 rings (SSSR count). The van der Waals surface area contributed by atoms with Crippen molar-refractivity contribution in [3.63, 3.8) is 0 Å². The van der Waals surface area contributed by atoms with Gasteiger partial charge in [0.15, 0.2) is 18.2 Å². The van der Waals surface area contributed by atoms with Crippen LogP contribution in [-0.4, -0.2) is 25.6 Å². The molecule has 2 aromatic rings. The molecule has 2 aromatic carbocycles. The molecule has 1 atom stereocenters. The van der Waals surface area contributed by atoms with Gasteiger partial charge in [0.05, 0.1) is 19.6 Å². The van der Waals surface area contributed by atoms with E-state index in [9.17, 15) is 14.0 Å². The third kappa shape index (κ3) is 6.59. The summed E-state index contributed by atoms with van der Waals surface area (Å²) in [7, 11) is 1.37. The standard InChI is InChI=1S/C23H28FNO4/c1-5-16-6-9-18(10-7-16)23(15(2)3)25-21(26)14-29-22(27)13-17-8-11-20(28-4)19(24)12-17/h6-12,15,23H,5,13-14H2,1-4H3,(H,25,26)/t23-/m0/s1. The summed E-state index contributed by atoms with van der Waals surface area (Å²) in [6, 6.07) is 12.2. The van der Waals surface area contributed by atoms with Crippen LogP contribution in [0, 0.1) is 11.7 Å². The van der Waals surface area contributed by atoms with Crippen molar-refractivity contribution >= 4 is 11.9 Å². The number of hydrogen-bond donors (Lipinski definition) is 1. The average Bonchev–Trinajstić information content (AvgIpc) is 2.70. The van der Waals surface area contributed by atoms with Gasteiger partial charge in [-0.2, -0.15) is 0 Å². The van der Waals surface area contributed by atoms with Gasteiger partial charge in [-0.25, -0.2) is 4.39 Å². The predicted octanol–water partition coefficient (Wildman–Crippen LogP) is 4.00. The fourth-order valence-electron chi connectivity index (χ4n) is 2.99. The van der Waals surface area contributed by atoms with Gasteiger partial charge in [-0.15, -0.1) is 0 Å². The lowest BCUT2D eigenvalue weighted by atomic mass is 9.95. The van der Waals surface area contributed by atoms with Gasteiger partial charge in [0.1, 0.15) is 0 Å². The van der Waals surface area contributed by atoms with E-state index < -0.39 is 11.8 Å². The number of nitrogens with one attached hydrogen (secondary N) is 1. The average molecular weight is 401 g/mol. The number of hydrogen-bond acceptors (Lipinski definition) is 4. The molecule has 6 heteroatoms. The Balaban J connectivity index is 1.89. The van der Waals surface area contributed by atoms with Crippen LogP contribution in [0.4, 0.5) is 4.39 Å². The molecule has 0 unspecified atom stereocenters. The van der Waals surface area contributed by atoms with Gasteiger partial charge < -0.3 is 14.8 Å². The molecular weight excluding hydrogens is 373 g/mol. The highest BCUT2D eigenvalue weighted by Crippen LogP contribution is 2.22. The number of benzene rings is 2. The molecule has 29 heavy (non-hydrogen) atoms. The highest BCUT2D eigenvalue weighted by atomic mass is 19.1. The third-order valence-corrected chi connectivity index (χ3v) is 4.66. The molecule has 0 aliphatic heterocycles. The van der Waals surface area contributed by atoms with E-state index in [4.69, 9.17) is 9.47 Å². The Hall–Kier alpha value is -2.89. The fraction of sp³-hybridized carbons (Fsp3) is 0.391. The van der Waals surface area contributed by atoms with Crippen LogP contribution in [0.2, 0.25) is 0 Å². The number of methoxy groups -OCH3 is 1. The maximum atomic E-state index is 13.7. The first kappa shape index (κ1) is 22.4. The first-order chi connectivity index (χ1) is 13.8. The van der Waals surface area contributed by atoms with Crippen molar-refractivity contribution in [2.45, 2.75) is 39.7 Å². The molecule has 1 amide bonds. The smallest absolute Gasteiger partial charge is 0.310 e. The summed E-state index contributed by atoms with van der Waals surface area (Å²) >= 11 is 0. The molecule has 0 fully saturated rings. The number of ether oxygens (including phenoxy) is 2. The summed E-state index contributed by atoms with van der Waals surface area (Å²) in [4.78, 5) is 24.3. The lowest BCUT2D eigenvalue weighted by Crippen LogP contribution is -2.35. The van der Waals surface area contributed by atoms with Crippen molar-refractivity contribution in [3.8, 4) is 5.75 Å². The first-order valence-corrected chi connectivity index (χ1v) is 9.70. The van der Waals surface area contributed by atoms with E-state index in [1.165, 1.54) is 24.8 Å². The second-order valence-electron chi connectivity index (χ2n) is 7.19. The van der Waals surface area contributed by atoms with Crippen molar-refractivity contribution in [1.29, 1.82) is 0 Å². The zero-order valence-corrected chi connectivity index (χ0v) is 17.3. The molecule has 0 spiro atoms. The highest BCUT2D eigenvalue weighted by Gasteiger charge is 2.19. The molecule has 0 radical (unpaired) electrons. The number of rotatable bonds is 9. The number of carbonyl (C=O) groups is 2. The van der Waals surface area contributed by atoms with Gasteiger partial charge in [0.25, 0.3) is 5.91 Å². The molecule has 156 valence electrons. The van der Waals surface area contributed by atoms with Crippen molar-refractivity contribution in [3.05, 3.63) is 65.0 Å². The molecule has 1 N–H and O–H groups in total. The van der Waals surface area contributed by atoms with Crippen LogP contribution in [0.5, 0.6) is 5.75 Å². The quantitative estimate of drug-likeness (QED) is 0.645. The number of carbonyl (C=O) groups excluding carboxylic acids is 2. The minimum absolute atomic E-state index is 0.105.